The van der Waals surface area contributed by atoms with Crippen molar-refractivity contribution < 1.29 is 17.9 Å². The number of piperidine rings is 1. The maximum atomic E-state index is 12.4. The predicted molar refractivity (Wildman–Crippen MR) is 157 cm³/mol. The van der Waals surface area contributed by atoms with Crippen molar-refractivity contribution in [2.24, 2.45) is 11.0 Å². The van der Waals surface area contributed by atoms with Crippen LogP contribution < -0.4 is 20.4 Å². The largest absolute Gasteiger partial charge is 0.494 e. The Balaban J connectivity index is 1.21. The number of aromatic nitrogens is 1. The van der Waals surface area contributed by atoms with Gasteiger partial charge in [0, 0.05) is 49.4 Å². The second-order valence-corrected chi connectivity index (χ2v) is 12.4. The smallest absolute Gasteiger partial charge is 0.255 e. The Morgan fingerprint density at radius 1 is 1.10 bits per heavy atom. The number of amides is 1. The zero-order valence-corrected chi connectivity index (χ0v) is 24.1. The topological polar surface area (TPSA) is 122 Å². The van der Waals surface area contributed by atoms with Crippen LogP contribution in [-0.2, 0) is 27.9 Å². The summed E-state index contributed by atoms with van der Waals surface area (Å²) in [5.41, 5.74) is 6.30. The molecule has 3 heterocycles. The van der Waals surface area contributed by atoms with Crippen molar-refractivity contribution in [1.82, 2.24) is 19.6 Å². The van der Waals surface area contributed by atoms with Gasteiger partial charge >= 0.3 is 0 Å². The maximum Gasteiger partial charge on any atom is 0.255 e. The number of carbonyl (C=O) groups is 1. The summed E-state index contributed by atoms with van der Waals surface area (Å²) in [4.78, 5) is 27.1. The lowest BCUT2D eigenvalue weighted by Crippen LogP contribution is -2.46. The molecule has 2 atom stereocenters. The number of hydrogen-bond donors (Lipinski definition) is 2. The minimum Gasteiger partial charge on any atom is -0.494 e. The minimum atomic E-state index is -3.80. The second kappa shape index (κ2) is 12.4. The van der Waals surface area contributed by atoms with E-state index in [1.165, 1.54) is 18.3 Å². The van der Waals surface area contributed by atoms with Gasteiger partial charge in [0.05, 0.1) is 24.3 Å². The van der Waals surface area contributed by atoms with E-state index in [0.29, 0.717) is 25.0 Å². The SMILES string of the molecule is CCOc1ccc(/C=N/NC(=O)CNS(=O)(=O)c2ccc(C)cc2)cc1CN1CC2CC(C1)c1cccc(=O)n1C2. The molecule has 0 radical (unpaired) electrons. The number of nitrogens with one attached hydrogen (secondary N) is 2. The first kappa shape index (κ1) is 28.7. The molecule has 3 aromatic rings. The van der Waals surface area contributed by atoms with Crippen LogP contribution in [-0.4, -0.2) is 56.2 Å². The summed E-state index contributed by atoms with van der Waals surface area (Å²) in [7, 11) is -3.80. The van der Waals surface area contributed by atoms with Crippen LogP contribution in [0.25, 0.3) is 0 Å². The summed E-state index contributed by atoms with van der Waals surface area (Å²) in [6.45, 7) is 7.10. The fraction of sp³-hybridized carbons (Fsp3) is 0.367. The molecule has 0 spiro atoms. The normalized spacial score (nSPS) is 18.7. The van der Waals surface area contributed by atoms with Crippen LogP contribution in [0.1, 0.15) is 41.6 Å². The number of aryl methyl sites for hydroxylation is 1. The number of hydrogen-bond acceptors (Lipinski definition) is 7. The lowest BCUT2D eigenvalue weighted by atomic mass is 9.83. The third kappa shape index (κ3) is 6.92. The number of ether oxygens (including phenoxy) is 1. The first-order chi connectivity index (χ1) is 19.7. The third-order valence-electron chi connectivity index (χ3n) is 7.49. The van der Waals surface area contributed by atoms with Gasteiger partial charge in [-0.2, -0.15) is 5.10 Å². The quantitative estimate of drug-likeness (QED) is 0.282. The van der Waals surface area contributed by atoms with E-state index >= 15 is 0 Å². The highest BCUT2D eigenvalue weighted by atomic mass is 32.2. The molecule has 2 N–H and O–H groups in total. The molecule has 2 aliphatic rings. The van der Waals surface area contributed by atoms with E-state index in [0.717, 1.165) is 54.2 Å². The van der Waals surface area contributed by atoms with Crippen LogP contribution in [0, 0.1) is 12.8 Å². The highest BCUT2D eigenvalue weighted by molar-refractivity contribution is 7.89. The Morgan fingerprint density at radius 3 is 2.68 bits per heavy atom. The summed E-state index contributed by atoms with van der Waals surface area (Å²) < 4.78 is 34.9. The van der Waals surface area contributed by atoms with Gasteiger partial charge in [-0.15, -0.1) is 0 Å². The number of rotatable bonds is 10. The lowest BCUT2D eigenvalue weighted by molar-refractivity contribution is -0.119. The van der Waals surface area contributed by atoms with E-state index in [4.69, 9.17) is 4.74 Å². The van der Waals surface area contributed by atoms with Crippen molar-refractivity contribution in [3.8, 4) is 5.75 Å². The molecule has 1 amide bonds. The Labute approximate surface area is 240 Å². The molecule has 1 aromatic heterocycles. The molecule has 1 saturated heterocycles. The van der Waals surface area contributed by atoms with E-state index in [-0.39, 0.29) is 10.5 Å². The van der Waals surface area contributed by atoms with Gasteiger partial charge in [-0.25, -0.2) is 18.6 Å². The molecular formula is C30H35N5O5S. The molecular weight excluding hydrogens is 542 g/mol. The van der Waals surface area contributed by atoms with Crippen molar-refractivity contribution >= 4 is 22.1 Å². The molecule has 216 valence electrons. The molecule has 2 aliphatic heterocycles. The van der Waals surface area contributed by atoms with E-state index in [1.807, 2.05) is 42.7 Å². The van der Waals surface area contributed by atoms with Crippen molar-refractivity contribution in [2.75, 3.05) is 26.2 Å². The van der Waals surface area contributed by atoms with E-state index in [9.17, 15) is 18.0 Å². The zero-order valence-electron chi connectivity index (χ0n) is 23.2. The number of nitrogens with zero attached hydrogens (tertiary/aromatic N) is 3. The van der Waals surface area contributed by atoms with Gasteiger partial charge in [-0.05, 0) is 68.1 Å². The minimum absolute atomic E-state index is 0.0760. The fourth-order valence-corrected chi connectivity index (χ4v) is 6.63. The van der Waals surface area contributed by atoms with Gasteiger partial charge in [0.1, 0.15) is 5.75 Å². The fourth-order valence-electron chi connectivity index (χ4n) is 5.64. The highest BCUT2D eigenvalue weighted by Crippen LogP contribution is 2.36. The van der Waals surface area contributed by atoms with Gasteiger partial charge in [0.25, 0.3) is 11.5 Å². The molecule has 2 unspecified atom stereocenters. The van der Waals surface area contributed by atoms with Crippen LogP contribution in [0.5, 0.6) is 5.75 Å². The summed E-state index contributed by atoms with van der Waals surface area (Å²) in [5.74, 6) is 0.949. The molecule has 2 aromatic carbocycles. The van der Waals surface area contributed by atoms with Gasteiger partial charge in [0.15, 0.2) is 0 Å². The predicted octanol–water partition coefficient (Wildman–Crippen LogP) is 2.60. The number of benzene rings is 2. The van der Waals surface area contributed by atoms with Gasteiger partial charge in [-0.3, -0.25) is 14.5 Å². The lowest BCUT2D eigenvalue weighted by Gasteiger charge is -2.43. The number of pyridine rings is 1. The second-order valence-electron chi connectivity index (χ2n) is 10.6. The van der Waals surface area contributed by atoms with Crippen molar-refractivity contribution in [3.05, 3.63) is 93.4 Å². The Hall–Kier alpha value is -3.80. The number of carbonyl (C=O) groups excluding carboxylic acids is 1. The maximum absolute atomic E-state index is 12.4. The van der Waals surface area contributed by atoms with E-state index < -0.39 is 22.5 Å². The van der Waals surface area contributed by atoms with Crippen LogP contribution in [0.3, 0.4) is 0 Å². The third-order valence-corrected chi connectivity index (χ3v) is 8.91. The summed E-state index contributed by atoms with van der Waals surface area (Å²) >= 11 is 0. The van der Waals surface area contributed by atoms with Crippen LogP contribution in [0.2, 0.25) is 0 Å². The first-order valence-corrected chi connectivity index (χ1v) is 15.3. The van der Waals surface area contributed by atoms with Gasteiger partial charge < -0.3 is 9.30 Å². The van der Waals surface area contributed by atoms with Gasteiger partial charge in [-0.1, -0.05) is 23.8 Å². The van der Waals surface area contributed by atoms with Crippen LogP contribution >= 0.6 is 0 Å². The first-order valence-electron chi connectivity index (χ1n) is 13.8. The highest BCUT2D eigenvalue weighted by Gasteiger charge is 2.34. The Bertz CT molecular complexity index is 1600. The number of fused-ring (bicyclic) bond motifs is 4. The average Bonchev–Trinajstić information content (AvgIpc) is 2.94. The van der Waals surface area contributed by atoms with Crippen LogP contribution in [0.4, 0.5) is 0 Å². The Morgan fingerprint density at radius 2 is 1.90 bits per heavy atom. The molecule has 0 saturated carbocycles. The summed E-state index contributed by atoms with van der Waals surface area (Å²) in [5, 5.41) is 4.02. The molecule has 11 heteroatoms. The molecule has 1 fully saturated rings. The molecule has 5 rings (SSSR count). The monoisotopic (exact) mass is 577 g/mol. The summed E-state index contributed by atoms with van der Waals surface area (Å²) in [6, 6.07) is 17.7. The van der Waals surface area contributed by atoms with E-state index in [2.05, 4.69) is 26.2 Å². The molecule has 10 nitrogen and oxygen atoms in total. The molecule has 0 aliphatic carbocycles. The number of likely N-dealkylation sites (tertiary alicyclic amines) is 1. The average molecular weight is 578 g/mol. The molecule has 2 bridgehead atoms. The summed E-state index contributed by atoms with van der Waals surface area (Å²) in [6.07, 6.45) is 2.62. The zero-order chi connectivity index (χ0) is 29.0. The van der Waals surface area contributed by atoms with Crippen LogP contribution in [0.15, 0.2) is 75.5 Å². The Kier molecular flexibility index (Phi) is 8.67. The van der Waals surface area contributed by atoms with Crippen molar-refractivity contribution in [2.45, 2.75) is 44.2 Å². The molecule has 41 heavy (non-hydrogen) atoms. The van der Waals surface area contributed by atoms with E-state index in [1.54, 1.807) is 18.2 Å². The van der Waals surface area contributed by atoms with Crippen molar-refractivity contribution in [1.29, 1.82) is 0 Å². The van der Waals surface area contributed by atoms with Crippen molar-refractivity contribution in [3.63, 3.8) is 0 Å². The number of sulfonamides is 1. The van der Waals surface area contributed by atoms with Gasteiger partial charge in [0.2, 0.25) is 10.0 Å². The number of hydrazone groups is 1. The standard InChI is InChI=1S/C30H35N5O5S/c1-3-40-28-12-9-22(15-31-33-29(36)16-32-41(38,39)26-10-7-21(2)8-11-26)13-25(28)20-34-17-23-14-24(19-34)27-5-4-6-30(37)35(27)18-23/h4-13,15,23-24,32H,3,14,16-20H2,1-2H3,(H,33,36)/b31-15+.